The molecule has 0 amide bonds. The van der Waals surface area contributed by atoms with E-state index in [4.69, 9.17) is 9.47 Å². The van der Waals surface area contributed by atoms with Crippen molar-refractivity contribution in [2.24, 2.45) is 0 Å². The summed E-state index contributed by atoms with van der Waals surface area (Å²) in [7, 11) is 0. The number of phenols is 1. The summed E-state index contributed by atoms with van der Waals surface area (Å²) in [5, 5.41) is 18.8. The molecule has 0 aliphatic rings. The number of hydrogen-bond acceptors (Lipinski definition) is 10. The van der Waals surface area contributed by atoms with Crippen LogP contribution in [0, 0.1) is 0 Å². The van der Waals surface area contributed by atoms with Gasteiger partial charge in [0.15, 0.2) is 14.5 Å². The Morgan fingerprint density at radius 2 is 1.78 bits per heavy atom. The van der Waals surface area contributed by atoms with Crippen LogP contribution in [0.15, 0.2) is 20.8 Å². The molecule has 1 aromatic heterocycles. The third kappa shape index (κ3) is 8.63. The maximum absolute atomic E-state index is 11.7. The van der Waals surface area contributed by atoms with Gasteiger partial charge in [0.25, 0.3) is 0 Å². The molecule has 1 N–H and O–H groups in total. The number of aromatic hydroxyl groups is 1. The van der Waals surface area contributed by atoms with E-state index in [-0.39, 0.29) is 17.5 Å². The molecule has 1 aromatic carbocycles. The van der Waals surface area contributed by atoms with E-state index in [0.29, 0.717) is 42.9 Å². The standard InChI is InChI=1S/C22H30N2O5S3/c1-4-8-17-18(11-10-16(15(3)25)20(17)27)29-12-7-14-31-22-24-23-21(32-22)30-13-6-9-19(26)28-5-2/h10-11,27H,4-9,12-14H2,1-3H3. The van der Waals surface area contributed by atoms with Crippen molar-refractivity contribution in [1.82, 2.24) is 10.2 Å². The average Bonchev–Trinajstić information content (AvgIpc) is 3.21. The number of phenolic OH excluding ortho intramolecular Hbond substituents is 1. The molecule has 0 radical (unpaired) electrons. The zero-order chi connectivity index (χ0) is 23.3. The number of hydrogen-bond donors (Lipinski definition) is 1. The topological polar surface area (TPSA) is 98.6 Å². The van der Waals surface area contributed by atoms with E-state index >= 15 is 0 Å². The molecule has 32 heavy (non-hydrogen) atoms. The Bertz CT molecular complexity index is 888. The molecule has 0 atom stereocenters. The molecule has 10 heteroatoms. The number of esters is 1. The van der Waals surface area contributed by atoms with Gasteiger partial charge < -0.3 is 14.6 Å². The third-order valence-electron chi connectivity index (χ3n) is 4.33. The van der Waals surface area contributed by atoms with Gasteiger partial charge in [0, 0.05) is 23.5 Å². The molecule has 1 heterocycles. The predicted molar refractivity (Wildman–Crippen MR) is 129 cm³/mol. The molecule has 0 unspecified atom stereocenters. The first-order chi connectivity index (χ1) is 15.5. The summed E-state index contributed by atoms with van der Waals surface area (Å²) in [6.45, 7) is 6.21. The van der Waals surface area contributed by atoms with Crippen LogP contribution in [0.5, 0.6) is 11.5 Å². The Morgan fingerprint density at radius 3 is 2.41 bits per heavy atom. The van der Waals surface area contributed by atoms with Crippen molar-refractivity contribution in [3.63, 3.8) is 0 Å². The van der Waals surface area contributed by atoms with E-state index in [9.17, 15) is 14.7 Å². The number of rotatable bonds is 15. The van der Waals surface area contributed by atoms with Crippen LogP contribution in [-0.2, 0) is 16.0 Å². The molecule has 0 aliphatic carbocycles. The number of aromatic nitrogens is 2. The molecule has 176 valence electrons. The number of ketones is 1. The smallest absolute Gasteiger partial charge is 0.305 e. The highest BCUT2D eigenvalue weighted by Crippen LogP contribution is 2.33. The quantitative estimate of drug-likeness (QED) is 0.150. The fourth-order valence-electron chi connectivity index (χ4n) is 2.85. The Kier molecular flexibility index (Phi) is 11.9. The maximum Gasteiger partial charge on any atom is 0.305 e. The minimum absolute atomic E-state index is 0.0346. The molecule has 0 fully saturated rings. The second kappa shape index (κ2) is 14.4. The summed E-state index contributed by atoms with van der Waals surface area (Å²) in [4.78, 5) is 23.0. The third-order valence-corrected chi connectivity index (χ3v) is 7.70. The molecule has 0 saturated carbocycles. The van der Waals surface area contributed by atoms with Gasteiger partial charge in [0.05, 0.1) is 18.8 Å². The molecule has 0 spiro atoms. The number of thioether (sulfide) groups is 2. The van der Waals surface area contributed by atoms with Crippen molar-refractivity contribution >= 4 is 46.6 Å². The number of benzene rings is 1. The summed E-state index contributed by atoms with van der Waals surface area (Å²) in [5.41, 5.74) is 1.03. The molecule has 0 saturated heterocycles. The molecule has 0 bridgehead atoms. The summed E-state index contributed by atoms with van der Waals surface area (Å²) in [6, 6.07) is 3.39. The normalized spacial score (nSPS) is 10.8. The van der Waals surface area contributed by atoms with Crippen LogP contribution in [0.25, 0.3) is 0 Å². The van der Waals surface area contributed by atoms with Gasteiger partial charge in [-0.1, -0.05) is 48.2 Å². The van der Waals surface area contributed by atoms with Crippen LogP contribution in [0.4, 0.5) is 0 Å². The molecule has 2 aromatic rings. The first kappa shape index (κ1) is 26.5. The second-order valence-corrected chi connectivity index (χ2v) is 10.5. The monoisotopic (exact) mass is 498 g/mol. The SMILES string of the molecule is CCCc1c(OCCCSc2nnc(SCCCC(=O)OCC)s2)ccc(C(C)=O)c1O. The summed E-state index contributed by atoms with van der Waals surface area (Å²) >= 11 is 4.79. The largest absolute Gasteiger partial charge is 0.507 e. The Balaban J connectivity index is 1.72. The zero-order valence-corrected chi connectivity index (χ0v) is 21.2. The van der Waals surface area contributed by atoms with Gasteiger partial charge in [-0.3, -0.25) is 9.59 Å². The van der Waals surface area contributed by atoms with Gasteiger partial charge in [-0.2, -0.15) is 0 Å². The highest BCUT2D eigenvalue weighted by molar-refractivity contribution is 8.03. The van der Waals surface area contributed by atoms with Gasteiger partial charge in [0.2, 0.25) is 0 Å². The van der Waals surface area contributed by atoms with E-state index in [0.717, 1.165) is 39.4 Å². The fourth-order valence-corrected chi connectivity index (χ4v) is 5.87. The molecular formula is C22H30N2O5S3. The fraction of sp³-hybridized carbons (Fsp3) is 0.545. The molecular weight excluding hydrogens is 468 g/mol. The Labute approximate surface area is 201 Å². The van der Waals surface area contributed by atoms with Crippen molar-refractivity contribution in [1.29, 1.82) is 0 Å². The van der Waals surface area contributed by atoms with Crippen LogP contribution in [-0.4, -0.2) is 51.8 Å². The van der Waals surface area contributed by atoms with Crippen LogP contribution >= 0.6 is 34.9 Å². The minimum atomic E-state index is -0.157. The van der Waals surface area contributed by atoms with Gasteiger partial charge >= 0.3 is 5.97 Å². The lowest BCUT2D eigenvalue weighted by Crippen LogP contribution is -2.04. The van der Waals surface area contributed by atoms with Crippen LogP contribution in [0.3, 0.4) is 0 Å². The highest BCUT2D eigenvalue weighted by atomic mass is 32.2. The molecule has 7 nitrogen and oxygen atoms in total. The van der Waals surface area contributed by atoms with Crippen molar-refractivity contribution in [2.75, 3.05) is 24.7 Å². The first-order valence-corrected chi connectivity index (χ1v) is 13.5. The van der Waals surface area contributed by atoms with E-state index < -0.39 is 0 Å². The van der Waals surface area contributed by atoms with Gasteiger partial charge in [-0.25, -0.2) is 0 Å². The van der Waals surface area contributed by atoms with E-state index in [1.54, 1.807) is 53.9 Å². The van der Waals surface area contributed by atoms with Crippen molar-refractivity contribution in [3.8, 4) is 11.5 Å². The average molecular weight is 499 g/mol. The number of carbonyl (C=O) groups excluding carboxylic acids is 2. The van der Waals surface area contributed by atoms with Gasteiger partial charge in [0.1, 0.15) is 11.5 Å². The Morgan fingerprint density at radius 1 is 1.09 bits per heavy atom. The molecule has 2 rings (SSSR count). The van der Waals surface area contributed by atoms with Crippen LogP contribution in [0.2, 0.25) is 0 Å². The lowest BCUT2D eigenvalue weighted by molar-refractivity contribution is -0.143. The maximum atomic E-state index is 11.7. The van der Waals surface area contributed by atoms with Crippen LogP contribution < -0.4 is 4.74 Å². The lowest BCUT2D eigenvalue weighted by atomic mass is 10.0. The number of carbonyl (C=O) groups is 2. The summed E-state index contributed by atoms with van der Waals surface area (Å²) < 4.78 is 12.6. The Hall–Kier alpha value is -1.78. The number of Topliss-reactive ketones (excluding diaryl/α,β-unsaturated/α-hetero) is 1. The van der Waals surface area contributed by atoms with Crippen molar-refractivity contribution in [3.05, 3.63) is 23.3 Å². The number of nitrogens with zero attached hydrogens (tertiary/aromatic N) is 2. The second-order valence-electron chi connectivity index (χ2n) is 6.89. The van der Waals surface area contributed by atoms with E-state index in [2.05, 4.69) is 10.2 Å². The summed E-state index contributed by atoms with van der Waals surface area (Å²) in [5.74, 6) is 2.00. The van der Waals surface area contributed by atoms with E-state index in [1.807, 2.05) is 6.92 Å². The minimum Gasteiger partial charge on any atom is -0.507 e. The zero-order valence-electron chi connectivity index (χ0n) is 18.7. The summed E-state index contributed by atoms with van der Waals surface area (Å²) in [6.07, 6.45) is 3.50. The molecule has 0 aliphatic heterocycles. The van der Waals surface area contributed by atoms with Gasteiger partial charge in [-0.15, -0.1) is 10.2 Å². The lowest BCUT2D eigenvalue weighted by Gasteiger charge is -2.14. The van der Waals surface area contributed by atoms with Gasteiger partial charge in [-0.05, 0) is 45.2 Å². The number of ether oxygens (including phenoxy) is 2. The van der Waals surface area contributed by atoms with Crippen molar-refractivity contribution < 1.29 is 24.2 Å². The highest BCUT2D eigenvalue weighted by Gasteiger charge is 2.16. The van der Waals surface area contributed by atoms with Crippen LogP contribution in [0.1, 0.15) is 62.4 Å². The predicted octanol–water partition coefficient (Wildman–Crippen LogP) is 5.40. The van der Waals surface area contributed by atoms with Crippen molar-refractivity contribution in [2.45, 2.75) is 61.6 Å². The first-order valence-electron chi connectivity index (χ1n) is 10.7. The van der Waals surface area contributed by atoms with E-state index in [1.165, 1.54) is 6.92 Å².